The fraction of sp³-hybridized carbons (Fsp3) is 0.214. The van der Waals surface area contributed by atoms with Gasteiger partial charge in [0.1, 0.15) is 5.75 Å². The summed E-state index contributed by atoms with van der Waals surface area (Å²) >= 11 is 0. The van der Waals surface area contributed by atoms with E-state index >= 15 is 0 Å². The predicted molar refractivity (Wildman–Crippen MR) is 69.3 cm³/mol. The van der Waals surface area contributed by atoms with Crippen molar-refractivity contribution >= 4 is 5.82 Å². The second-order valence-corrected chi connectivity index (χ2v) is 4.12. The van der Waals surface area contributed by atoms with Crippen molar-refractivity contribution in [1.29, 1.82) is 0 Å². The minimum absolute atomic E-state index is 0.299. The van der Waals surface area contributed by atoms with E-state index in [1.54, 1.807) is 7.11 Å². The van der Waals surface area contributed by atoms with Crippen molar-refractivity contribution in [2.75, 3.05) is 19.0 Å². The van der Waals surface area contributed by atoms with Gasteiger partial charge in [0.15, 0.2) is 17.5 Å². The third-order valence-electron chi connectivity index (χ3n) is 2.73. The molecule has 0 fully saturated rings. The summed E-state index contributed by atoms with van der Waals surface area (Å²) in [5.74, 6) is -3.13. The minimum Gasteiger partial charge on any atom is -0.497 e. The molecule has 2 rings (SSSR count). The molecular weight excluding hydrogens is 269 g/mol. The summed E-state index contributed by atoms with van der Waals surface area (Å²) in [6, 6.07) is 7.85. The molecule has 6 heteroatoms. The van der Waals surface area contributed by atoms with Crippen LogP contribution in [0.25, 0.3) is 0 Å². The summed E-state index contributed by atoms with van der Waals surface area (Å²) in [7, 11) is 1.57. The number of hydrogen-bond acceptors (Lipinski definition) is 3. The molecule has 0 aliphatic carbocycles. The Balaban J connectivity index is 1.97. The van der Waals surface area contributed by atoms with Crippen LogP contribution in [-0.4, -0.2) is 18.6 Å². The van der Waals surface area contributed by atoms with Crippen molar-refractivity contribution in [1.82, 2.24) is 4.98 Å². The van der Waals surface area contributed by atoms with Crippen LogP contribution in [0, 0.1) is 17.6 Å². The highest BCUT2D eigenvalue weighted by Crippen LogP contribution is 2.15. The molecule has 0 saturated carbocycles. The van der Waals surface area contributed by atoms with E-state index in [0.29, 0.717) is 19.0 Å². The molecule has 0 spiro atoms. The van der Waals surface area contributed by atoms with Crippen LogP contribution in [0.15, 0.2) is 30.3 Å². The molecule has 0 aliphatic rings. The van der Waals surface area contributed by atoms with Gasteiger partial charge in [-0.05, 0) is 24.1 Å². The van der Waals surface area contributed by atoms with Gasteiger partial charge in [-0.1, -0.05) is 12.1 Å². The standard InChI is InChI=1S/C14H13F3N2O/c1-20-10-4-2-3-9(7-10)5-6-18-14-12(16)8-11(15)13(17)19-14/h2-4,7-8H,5-6H2,1H3,(H,18,19). The Labute approximate surface area is 114 Å². The minimum atomic E-state index is -1.32. The Morgan fingerprint density at radius 1 is 1.15 bits per heavy atom. The van der Waals surface area contributed by atoms with Crippen LogP contribution in [0.2, 0.25) is 0 Å². The van der Waals surface area contributed by atoms with E-state index in [-0.39, 0.29) is 5.82 Å². The molecule has 20 heavy (non-hydrogen) atoms. The zero-order valence-electron chi connectivity index (χ0n) is 10.8. The second kappa shape index (κ2) is 6.27. The van der Waals surface area contributed by atoms with Gasteiger partial charge in [0.2, 0.25) is 0 Å². The molecule has 0 amide bonds. The highest BCUT2D eigenvalue weighted by atomic mass is 19.2. The van der Waals surface area contributed by atoms with Crippen molar-refractivity contribution in [3.05, 3.63) is 53.5 Å². The molecule has 0 atom stereocenters. The average molecular weight is 282 g/mol. The number of pyridine rings is 1. The van der Waals surface area contributed by atoms with Crippen molar-refractivity contribution in [2.45, 2.75) is 6.42 Å². The topological polar surface area (TPSA) is 34.1 Å². The van der Waals surface area contributed by atoms with Crippen molar-refractivity contribution in [2.24, 2.45) is 0 Å². The lowest BCUT2D eigenvalue weighted by Crippen LogP contribution is -2.09. The van der Waals surface area contributed by atoms with Crippen LogP contribution in [-0.2, 0) is 6.42 Å². The van der Waals surface area contributed by atoms with Gasteiger partial charge in [-0.15, -0.1) is 0 Å². The van der Waals surface area contributed by atoms with Crippen LogP contribution in [0.3, 0.4) is 0 Å². The molecule has 3 nitrogen and oxygen atoms in total. The third kappa shape index (κ3) is 3.40. The van der Waals surface area contributed by atoms with Crippen LogP contribution in [0.4, 0.5) is 19.0 Å². The number of anilines is 1. The summed E-state index contributed by atoms with van der Waals surface area (Å²) in [6.45, 7) is 0.335. The van der Waals surface area contributed by atoms with E-state index in [0.717, 1.165) is 11.3 Å². The van der Waals surface area contributed by atoms with Gasteiger partial charge in [-0.3, -0.25) is 0 Å². The lowest BCUT2D eigenvalue weighted by atomic mass is 10.1. The molecule has 1 aromatic heterocycles. The molecule has 0 radical (unpaired) electrons. The number of nitrogens with zero attached hydrogens (tertiary/aromatic N) is 1. The molecule has 1 heterocycles. The Morgan fingerprint density at radius 3 is 2.70 bits per heavy atom. The molecule has 0 unspecified atom stereocenters. The number of nitrogens with one attached hydrogen (secondary N) is 1. The summed E-state index contributed by atoms with van der Waals surface area (Å²) in [6.07, 6.45) is 0.567. The highest BCUT2D eigenvalue weighted by molar-refractivity contribution is 5.37. The number of halogens is 3. The Kier molecular flexibility index (Phi) is 4.45. The Morgan fingerprint density at radius 2 is 1.95 bits per heavy atom. The van der Waals surface area contributed by atoms with Gasteiger partial charge >= 0.3 is 0 Å². The number of benzene rings is 1. The van der Waals surface area contributed by atoms with Crippen LogP contribution in [0.1, 0.15) is 5.56 Å². The van der Waals surface area contributed by atoms with Crippen LogP contribution in [0.5, 0.6) is 5.75 Å². The molecule has 1 N–H and O–H groups in total. The van der Waals surface area contributed by atoms with Gasteiger partial charge in [-0.2, -0.15) is 9.37 Å². The second-order valence-electron chi connectivity index (χ2n) is 4.12. The van der Waals surface area contributed by atoms with E-state index in [1.165, 1.54) is 0 Å². The van der Waals surface area contributed by atoms with Crippen molar-refractivity contribution in [3.63, 3.8) is 0 Å². The van der Waals surface area contributed by atoms with Gasteiger partial charge in [-0.25, -0.2) is 8.78 Å². The predicted octanol–water partition coefficient (Wildman–Crippen LogP) is 3.16. The molecular formula is C14H13F3N2O. The number of rotatable bonds is 5. The summed E-state index contributed by atoms with van der Waals surface area (Å²) in [4.78, 5) is 3.18. The third-order valence-corrected chi connectivity index (χ3v) is 2.73. The Bertz CT molecular complexity index is 605. The quantitative estimate of drug-likeness (QED) is 0.855. The zero-order valence-corrected chi connectivity index (χ0v) is 10.8. The maximum atomic E-state index is 13.3. The van der Waals surface area contributed by atoms with Gasteiger partial charge in [0, 0.05) is 12.6 Å². The first-order valence-electron chi connectivity index (χ1n) is 5.98. The van der Waals surface area contributed by atoms with Crippen LogP contribution < -0.4 is 10.1 Å². The molecule has 0 bridgehead atoms. The van der Waals surface area contributed by atoms with E-state index in [9.17, 15) is 13.2 Å². The van der Waals surface area contributed by atoms with E-state index in [4.69, 9.17) is 4.74 Å². The zero-order chi connectivity index (χ0) is 14.5. The number of methoxy groups -OCH3 is 1. The normalized spacial score (nSPS) is 10.4. The smallest absolute Gasteiger partial charge is 0.251 e. The first-order valence-corrected chi connectivity index (χ1v) is 5.98. The lowest BCUT2D eigenvalue weighted by Gasteiger charge is -2.08. The number of ether oxygens (including phenoxy) is 1. The van der Waals surface area contributed by atoms with Crippen LogP contribution >= 0.6 is 0 Å². The van der Waals surface area contributed by atoms with Crippen molar-refractivity contribution in [3.8, 4) is 5.75 Å². The number of aromatic nitrogens is 1. The van der Waals surface area contributed by atoms with Gasteiger partial charge in [0.25, 0.3) is 5.95 Å². The summed E-state index contributed by atoms with van der Waals surface area (Å²) < 4.78 is 44.0. The molecule has 0 saturated heterocycles. The van der Waals surface area contributed by atoms with Crippen molar-refractivity contribution < 1.29 is 17.9 Å². The molecule has 0 aliphatic heterocycles. The maximum absolute atomic E-state index is 13.3. The fourth-order valence-corrected chi connectivity index (χ4v) is 1.72. The summed E-state index contributed by atoms with van der Waals surface area (Å²) in [5.41, 5.74) is 0.972. The summed E-state index contributed by atoms with van der Waals surface area (Å²) in [5, 5.41) is 2.63. The Hall–Kier alpha value is -2.24. The van der Waals surface area contributed by atoms with E-state index < -0.39 is 17.6 Å². The molecule has 2 aromatic rings. The van der Waals surface area contributed by atoms with Gasteiger partial charge in [0.05, 0.1) is 7.11 Å². The van der Waals surface area contributed by atoms with E-state index in [1.807, 2.05) is 24.3 Å². The lowest BCUT2D eigenvalue weighted by molar-refractivity contribution is 0.414. The monoisotopic (exact) mass is 282 g/mol. The first-order chi connectivity index (χ1) is 9.60. The number of hydrogen-bond donors (Lipinski definition) is 1. The molecule has 1 aromatic carbocycles. The first kappa shape index (κ1) is 14.2. The fourth-order valence-electron chi connectivity index (χ4n) is 1.72. The van der Waals surface area contributed by atoms with Gasteiger partial charge < -0.3 is 10.1 Å². The molecule has 106 valence electrons. The maximum Gasteiger partial charge on any atom is 0.251 e. The van der Waals surface area contributed by atoms with E-state index in [2.05, 4.69) is 10.3 Å². The highest BCUT2D eigenvalue weighted by Gasteiger charge is 2.10. The largest absolute Gasteiger partial charge is 0.497 e. The average Bonchev–Trinajstić information content (AvgIpc) is 2.44. The SMILES string of the molecule is COc1cccc(CCNc2nc(F)c(F)cc2F)c1.